The van der Waals surface area contributed by atoms with Gasteiger partial charge in [0.2, 0.25) is 0 Å². The van der Waals surface area contributed by atoms with Crippen LogP contribution in [0.15, 0.2) is 24.3 Å². The quantitative estimate of drug-likeness (QED) is 0.889. The first kappa shape index (κ1) is 13.4. The summed E-state index contributed by atoms with van der Waals surface area (Å²) in [7, 11) is 0. The van der Waals surface area contributed by atoms with Gasteiger partial charge in [0.25, 0.3) is 0 Å². The van der Waals surface area contributed by atoms with Crippen molar-refractivity contribution in [3.05, 3.63) is 29.8 Å². The molecule has 0 aromatic heterocycles. The van der Waals surface area contributed by atoms with Crippen molar-refractivity contribution in [1.82, 2.24) is 4.90 Å². The third kappa shape index (κ3) is 3.72. The highest BCUT2D eigenvalue weighted by atomic mass is 16.5. The van der Waals surface area contributed by atoms with E-state index < -0.39 is 0 Å². The summed E-state index contributed by atoms with van der Waals surface area (Å²) in [6.07, 6.45) is 2.57. The molecular formula is C15H23NO2. The third-order valence-electron chi connectivity index (χ3n) is 3.68. The second-order valence-electron chi connectivity index (χ2n) is 5.23. The Morgan fingerprint density at radius 2 is 2.11 bits per heavy atom. The summed E-state index contributed by atoms with van der Waals surface area (Å²) in [5.41, 5.74) is 1.29. The average molecular weight is 249 g/mol. The van der Waals surface area contributed by atoms with Crippen LogP contribution < -0.4 is 0 Å². The molecule has 1 aliphatic heterocycles. The summed E-state index contributed by atoms with van der Waals surface area (Å²) in [5.74, 6) is 0.341. The molecule has 3 nitrogen and oxygen atoms in total. The zero-order valence-electron chi connectivity index (χ0n) is 11.3. The van der Waals surface area contributed by atoms with Crippen molar-refractivity contribution in [1.29, 1.82) is 0 Å². The van der Waals surface area contributed by atoms with Crippen molar-refractivity contribution in [2.45, 2.75) is 38.8 Å². The molecule has 2 unspecified atom stereocenters. The molecule has 1 aromatic rings. The second-order valence-corrected chi connectivity index (χ2v) is 5.23. The van der Waals surface area contributed by atoms with Crippen LogP contribution in [0.1, 0.15) is 25.8 Å². The van der Waals surface area contributed by atoms with Crippen LogP contribution in [-0.4, -0.2) is 41.8 Å². The van der Waals surface area contributed by atoms with Gasteiger partial charge in [-0.1, -0.05) is 12.1 Å². The Hall–Kier alpha value is -1.06. The largest absolute Gasteiger partial charge is 0.508 e. The highest BCUT2D eigenvalue weighted by Gasteiger charge is 2.20. The van der Waals surface area contributed by atoms with Gasteiger partial charge in [0.05, 0.1) is 12.7 Å². The van der Waals surface area contributed by atoms with E-state index in [2.05, 4.69) is 18.7 Å². The zero-order chi connectivity index (χ0) is 13.0. The number of ether oxygens (including phenoxy) is 1. The molecule has 0 radical (unpaired) electrons. The molecular weight excluding hydrogens is 226 g/mol. The average Bonchev–Trinajstić information content (AvgIpc) is 2.38. The lowest BCUT2D eigenvalue weighted by Gasteiger charge is -2.35. The van der Waals surface area contributed by atoms with Crippen molar-refractivity contribution in [2.24, 2.45) is 0 Å². The lowest BCUT2D eigenvalue weighted by Crippen LogP contribution is -2.45. The molecule has 1 aliphatic rings. The molecule has 1 N–H and O–H groups in total. The SMILES string of the molecule is CC1CN(C(C)CCc2ccc(O)cc2)CCO1. The van der Waals surface area contributed by atoms with Crippen molar-refractivity contribution >= 4 is 0 Å². The van der Waals surface area contributed by atoms with Crippen LogP contribution in [0, 0.1) is 0 Å². The smallest absolute Gasteiger partial charge is 0.115 e. The molecule has 1 heterocycles. The minimum absolute atomic E-state index is 0.341. The summed E-state index contributed by atoms with van der Waals surface area (Å²) < 4.78 is 5.56. The summed E-state index contributed by atoms with van der Waals surface area (Å²) in [6.45, 7) is 7.36. The number of nitrogens with zero attached hydrogens (tertiary/aromatic N) is 1. The highest BCUT2D eigenvalue weighted by Crippen LogP contribution is 2.15. The van der Waals surface area contributed by atoms with Gasteiger partial charge in [-0.05, 0) is 44.4 Å². The fourth-order valence-corrected chi connectivity index (χ4v) is 2.47. The van der Waals surface area contributed by atoms with Gasteiger partial charge in [0, 0.05) is 19.1 Å². The lowest BCUT2D eigenvalue weighted by molar-refractivity contribution is -0.0324. The first-order chi connectivity index (χ1) is 8.65. The standard InChI is InChI=1S/C15H23NO2/c1-12(16-9-10-18-13(2)11-16)3-4-14-5-7-15(17)8-6-14/h5-8,12-13,17H,3-4,9-11H2,1-2H3. The highest BCUT2D eigenvalue weighted by molar-refractivity contribution is 5.25. The zero-order valence-corrected chi connectivity index (χ0v) is 11.3. The minimum atomic E-state index is 0.341. The Labute approximate surface area is 109 Å². The molecule has 0 saturated carbocycles. The first-order valence-corrected chi connectivity index (χ1v) is 6.78. The van der Waals surface area contributed by atoms with Gasteiger partial charge in [0.15, 0.2) is 0 Å². The molecule has 2 atom stereocenters. The van der Waals surface area contributed by atoms with Gasteiger partial charge in [-0.2, -0.15) is 0 Å². The Morgan fingerprint density at radius 3 is 2.78 bits per heavy atom. The van der Waals surface area contributed by atoms with Crippen LogP contribution in [0.25, 0.3) is 0 Å². The van der Waals surface area contributed by atoms with Gasteiger partial charge in [-0.25, -0.2) is 0 Å². The van der Waals surface area contributed by atoms with Gasteiger partial charge >= 0.3 is 0 Å². The number of aromatic hydroxyl groups is 1. The Balaban J connectivity index is 1.80. The molecule has 1 fully saturated rings. The van der Waals surface area contributed by atoms with E-state index >= 15 is 0 Å². The minimum Gasteiger partial charge on any atom is -0.508 e. The predicted molar refractivity (Wildman–Crippen MR) is 72.9 cm³/mol. The van der Waals surface area contributed by atoms with Crippen LogP contribution in [-0.2, 0) is 11.2 Å². The number of morpholine rings is 1. The Bertz CT molecular complexity index is 363. The van der Waals surface area contributed by atoms with Crippen LogP contribution >= 0.6 is 0 Å². The molecule has 3 heteroatoms. The van der Waals surface area contributed by atoms with Crippen LogP contribution in [0.4, 0.5) is 0 Å². The number of phenols is 1. The normalized spacial score (nSPS) is 22.9. The van der Waals surface area contributed by atoms with Gasteiger partial charge in [-0.15, -0.1) is 0 Å². The maximum Gasteiger partial charge on any atom is 0.115 e. The fourth-order valence-electron chi connectivity index (χ4n) is 2.47. The predicted octanol–water partition coefficient (Wildman–Crippen LogP) is 2.43. The van der Waals surface area contributed by atoms with Crippen molar-refractivity contribution < 1.29 is 9.84 Å². The van der Waals surface area contributed by atoms with Crippen LogP contribution in [0.3, 0.4) is 0 Å². The molecule has 0 bridgehead atoms. The van der Waals surface area contributed by atoms with Gasteiger partial charge < -0.3 is 9.84 Å². The number of rotatable bonds is 4. The second kappa shape index (κ2) is 6.21. The molecule has 100 valence electrons. The van der Waals surface area contributed by atoms with E-state index in [0.717, 1.165) is 32.5 Å². The van der Waals surface area contributed by atoms with E-state index in [0.29, 0.717) is 17.9 Å². The van der Waals surface area contributed by atoms with Crippen molar-refractivity contribution in [3.63, 3.8) is 0 Å². The third-order valence-corrected chi connectivity index (χ3v) is 3.68. The molecule has 18 heavy (non-hydrogen) atoms. The molecule has 2 rings (SSSR count). The van der Waals surface area contributed by atoms with Crippen LogP contribution in [0.2, 0.25) is 0 Å². The molecule has 1 saturated heterocycles. The van der Waals surface area contributed by atoms with Crippen molar-refractivity contribution in [3.8, 4) is 5.75 Å². The summed E-state index contributed by atoms with van der Waals surface area (Å²) in [5, 5.41) is 9.24. The monoisotopic (exact) mass is 249 g/mol. The number of hydrogen-bond acceptors (Lipinski definition) is 3. The van der Waals surface area contributed by atoms with E-state index in [-0.39, 0.29) is 0 Å². The molecule has 1 aromatic carbocycles. The number of hydrogen-bond donors (Lipinski definition) is 1. The molecule has 0 aliphatic carbocycles. The lowest BCUT2D eigenvalue weighted by atomic mass is 10.0. The summed E-state index contributed by atoms with van der Waals surface area (Å²) >= 11 is 0. The maximum atomic E-state index is 9.24. The van der Waals surface area contributed by atoms with Crippen molar-refractivity contribution in [2.75, 3.05) is 19.7 Å². The van der Waals surface area contributed by atoms with Gasteiger partial charge in [-0.3, -0.25) is 4.90 Å². The molecule has 0 spiro atoms. The topological polar surface area (TPSA) is 32.7 Å². The van der Waals surface area contributed by atoms with E-state index in [1.54, 1.807) is 12.1 Å². The van der Waals surface area contributed by atoms with E-state index in [9.17, 15) is 5.11 Å². The number of aryl methyl sites for hydroxylation is 1. The first-order valence-electron chi connectivity index (χ1n) is 6.78. The van der Waals surface area contributed by atoms with E-state index in [1.807, 2.05) is 12.1 Å². The summed E-state index contributed by atoms with van der Waals surface area (Å²) in [6, 6.07) is 8.12. The number of benzene rings is 1. The van der Waals surface area contributed by atoms with Crippen LogP contribution in [0.5, 0.6) is 5.75 Å². The maximum absolute atomic E-state index is 9.24. The van der Waals surface area contributed by atoms with E-state index in [4.69, 9.17) is 4.74 Å². The van der Waals surface area contributed by atoms with Gasteiger partial charge in [0.1, 0.15) is 5.75 Å². The Kier molecular flexibility index (Phi) is 4.61. The molecule has 0 amide bonds. The number of phenolic OH excluding ortho intramolecular Hbond substituents is 1. The summed E-state index contributed by atoms with van der Waals surface area (Å²) in [4.78, 5) is 2.51. The fraction of sp³-hybridized carbons (Fsp3) is 0.600. The Morgan fingerprint density at radius 1 is 1.39 bits per heavy atom. The van der Waals surface area contributed by atoms with E-state index in [1.165, 1.54) is 5.56 Å².